The van der Waals surface area contributed by atoms with Crippen molar-refractivity contribution in [2.24, 2.45) is 0 Å². The molecule has 5 nitrogen and oxygen atoms in total. The number of nitriles is 1. The van der Waals surface area contributed by atoms with E-state index in [1.165, 1.54) is 6.33 Å². The number of aliphatic hydroxyl groups is 1. The normalized spacial score (nSPS) is 11.7. The molecule has 0 fully saturated rings. The zero-order valence-corrected chi connectivity index (χ0v) is 11.5. The molecule has 0 bridgehead atoms. The minimum absolute atomic E-state index is 0.0948. The predicted octanol–water partition coefficient (Wildman–Crippen LogP) is 2.78. The van der Waals surface area contributed by atoms with Gasteiger partial charge in [-0.15, -0.1) is 0 Å². The fraction of sp³-hybridized carbons (Fsp3) is 0.267. The van der Waals surface area contributed by atoms with E-state index >= 15 is 0 Å². The highest BCUT2D eigenvalue weighted by atomic mass is 16.3. The van der Waals surface area contributed by atoms with Crippen molar-refractivity contribution in [2.75, 3.05) is 5.32 Å². The van der Waals surface area contributed by atoms with E-state index < -0.39 is 6.10 Å². The maximum atomic E-state index is 9.89. The summed E-state index contributed by atoms with van der Waals surface area (Å²) in [6, 6.07) is 7.54. The lowest BCUT2D eigenvalue weighted by Crippen LogP contribution is -2.02. The summed E-state index contributed by atoms with van der Waals surface area (Å²) in [7, 11) is 0. The van der Waals surface area contributed by atoms with Gasteiger partial charge in [0.15, 0.2) is 0 Å². The second-order valence-corrected chi connectivity index (χ2v) is 4.63. The quantitative estimate of drug-likeness (QED) is 0.891. The molecule has 1 aromatic heterocycles. The summed E-state index contributed by atoms with van der Waals surface area (Å²) >= 11 is 0. The van der Waals surface area contributed by atoms with Gasteiger partial charge in [-0.05, 0) is 36.6 Å². The fourth-order valence-electron chi connectivity index (χ4n) is 2.08. The van der Waals surface area contributed by atoms with Crippen LogP contribution >= 0.6 is 0 Å². The van der Waals surface area contributed by atoms with Gasteiger partial charge >= 0.3 is 0 Å². The Morgan fingerprint density at radius 1 is 1.35 bits per heavy atom. The Morgan fingerprint density at radius 2 is 2.05 bits per heavy atom. The minimum atomic E-state index is -0.745. The van der Waals surface area contributed by atoms with Gasteiger partial charge in [0.2, 0.25) is 0 Å². The maximum Gasteiger partial charge on any atom is 0.133 e. The Balaban J connectivity index is 2.30. The van der Waals surface area contributed by atoms with Crippen LogP contribution in [0.2, 0.25) is 0 Å². The highest BCUT2D eigenvalue weighted by molar-refractivity contribution is 5.65. The van der Waals surface area contributed by atoms with Crippen molar-refractivity contribution >= 4 is 11.5 Å². The third-order valence-corrected chi connectivity index (χ3v) is 3.06. The van der Waals surface area contributed by atoms with Crippen LogP contribution < -0.4 is 5.32 Å². The first-order chi connectivity index (χ1) is 9.61. The second-order valence-electron chi connectivity index (χ2n) is 4.63. The van der Waals surface area contributed by atoms with E-state index in [-0.39, 0.29) is 6.42 Å². The summed E-state index contributed by atoms with van der Waals surface area (Å²) < 4.78 is 0. The molecule has 5 heteroatoms. The molecule has 0 aliphatic carbocycles. The van der Waals surface area contributed by atoms with Crippen LogP contribution in [0.3, 0.4) is 0 Å². The van der Waals surface area contributed by atoms with Crippen molar-refractivity contribution in [3.63, 3.8) is 0 Å². The molecule has 1 aromatic carbocycles. The first kappa shape index (κ1) is 14.0. The van der Waals surface area contributed by atoms with Crippen molar-refractivity contribution in [2.45, 2.75) is 26.4 Å². The molecule has 2 N–H and O–H groups in total. The van der Waals surface area contributed by atoms with Crippen molar-refractivity contribution in [1.82, 2.24) is 9.97 Å². The number of nitrogens with zero attached hydrogens (tertiary/aromatic N) is 3. The second kappa shape index (κ2) is 6.13. The lowest BCUT2D eigenvalue weighted by atomic mass is 9.99. The Hall–Kier alpha value is -2.45. The zero-order chi connectivity index (χ0) is 14.5. The van der Waals surface area contributed by atoms with Gasteiger partial charge < -0.3 is 10.4 Å². The first-order valence-electron chi connectivity index (χ1n) is 6.31. The number of hydrogen-bond acceptors (Lipinski definition) is 5. The standard InChI is InChI=1S/C15H16N4O/c1-10-7-12(13(20)3-5-16)8-11(2)15(10)19-14-4-6-17-9-18-14/h4,6-9,13,20H,3H2,1-2H3,(H,17,18,19). The van der Waals surface area contributed by atoms with Gasteiger partial charge in [-0.2, -0.15) is 5.26 Å². The molecule has 1 unspecified atom stereocenters. The molecule has 1 heterocycles. The van der Waals surface area contributed by atoms with Crippen molar-refractivity contribution in [1.29, 1.82) is 5.26 Å². The smallest absolute Gasteiger partial charge is 0.133 e. The molecule has 0 amide bonds. The molecule has 0 saturated carbocycles. The predicted molar refractivity (Wildman–Crippen MR) is 76.4 cm³/mol. The highest BCUT2D eigenvalue weighted by Gasteiger charge is 2.11. The van der Waals surface area contributed by atoms with Crippen LogP contribution in [0.25, 0.3) is 0 Å². The summed E-state index contributed by atoms with van der Waals surface area (Å²) in [4.78, 5) is 8.00. The van der Waals surface area contributed by atoms with E-state index in [4.69, 9.17) is 5.26 Å². The maximum absolute atomic E-state index is 9.89. The zero-order valence-electron chi connectivity index (χ0n) is 11.5. The topological polar surface area (TPSA) is 81.8 Å². The number of nitrogens with one attached hydrogen (secondary N) is 1. The van der Waals surface area contributed by atoms with Crippen molar-refractivity contribution in [3.05, 3.63) is 47.4 Å². The van der Waals surface area contributed by atoms with E-state index in [1.807, 2.05) is 32.0 Å². The number of aromatic nitrogens is 2. The number of hydrogen-bond donors (Lipinski definition) is 2. The van der Waals surface area contributed by atoms with E-state index in [2.05, 4.69) is 15.3 Å². The molecule has 0 spiro atoms. The van der Waals surface area contributed by atoms with Crippen LogP contribution in [0.1, 0.15) is 29.2 Å². The fourth-order valence-corrected chi connectivity index (χ4v) is 2.08. The van der Waals surface area contributed by atoms with Crippen molar-refractivity contribution < 1.29 is 5.11 Å². The van der Waals surface area contributed by atoms with Gasteiger partial charge in [0.05, 0.1) is 18.6 Å². The number of aryl methyl sites for hydroxylation is 2. The third kappa shape index (κ3) is 3.11. The van der Waals surface area contributed by atoms with E-state index in [1.54, 1.807) is 12.3 Å². The Labute approximate surface area is 117 Å². The van der Waals surface area contributed by atoms with Crippen LogP contribution in [0.15, 0.2) is 30.7 Å². The van der Waals surface area contributed by atoms with Crippen LogP contribution in [0, 0.1) is 25.2 Å². The SMILES string of the molecule is Cc1cc(C(O)CC#N)cc(C)c1Nc1ccncn1. The molecule has 0 aliphatic heterocycles. The molecular weight excluding hydrogens is 252 g/mol. The number of anilines is 2. The average Bonchev–Trinajstić information content (AvgIpc) is 2.44. The lowest BCUT2D eigenvalue weighted by molar-refractivity contribution is 0.183. The molecule has 0 aliphatic rings. The molecule has 1 atom stereocenters. The summed E-state index contributed by atoms with van der Waals surface area (Å²) in [5.41, 5.74) is 3.71. The molecular formula is C15H16N4O. The average molecular weight is 268 g/mol. The minimum Gasteiger partial charge on any atom is -0.387 e. The molecule has 20 heavy (non-hydrogen) atoms. The van der Waals surface area contributed by atoms with Gasteiger partial charge in [-0.25, -0.2) is 9.97 Å². The van der Waals surface area contributed by atoms with Crippen LogP contribution in [0.5, 0.6) is 0 Å². The highest BCUT2D eigenvalue weighted by Crippen LogP contribution is 2.28. The van der Waals surface area contributed by atoms with Gasteiger partial charge in [0.1, 0.15) is 12.1 Å². The van der Waals surface area contributed by atoms with Crippen LogP contribution in [-0.4, -0.2) is 15.1 Å². The molecule has 2 rings (SSSR count). The number of aliphatic hydroxyl groups excluding tert-OH is 1. The lowest BCUT2D eigenvalue weighted by Gasteiger charge is -2.16. The summed E-state index contributed by atoms with van der Waals surface area (Å²) in [5, 5.41) is 21.8. The molecule has 102 valence electrons. The summed E-state index contributed by atoms with van der Waals surface area (Å²) in [5.74, 6) is 0.719. The molecule has 2 aromatic rings. The number of benzene rings is 1. The van der Waals surface area contributed by atoms with E-state index in [0.717, 1.165) is 28.2 Å². The van der Waals surface area contributed by atoms with Gasteiger partial charge in [0.25, 0.3) is 0 Å². The van der Waals surface area contributed by atoms with Crippen LogP contribution in [-0.2, 0) is 0 Å². The first-order valence-corrected chi connectivity index (χ1v) is 6.31. The Kier molecular flexibility index (Phi) is 4.28. The van der Waals surface area contributed by atoms with E-state index in [9.17, 15) is 5.11 Å². The monoisotopic (exact) mass is 268 g/mol. The Bertz CT molecular complexity index is 611. The van der Waals surface area contributed by atoms with Gasteiger partial charge in [0, 0.05) is 11.9 Å². The van der Waals surface area contributed by atoms with Crippen molar-refractivity contribution in [3.8, 4) is 6.07 Å². The summed E-state index contributed by atoms with van der Waals surface area (Å²) in [6.45, 7) is 3.91. The van der Waals surface area contributed by atoms with Crippen LogP contribution in [0.4, 0.5) is 11.5 Å². The van der Waals surface area contributed by atoms with Gasteiger partial charge in [-0.1, -0.05) is 12.1 Å². The third-order valence-electron chi connectivity index (χ3n) is 3.06. The molecule has 0 radical (unpaired) electrons. The Morgan fingerprint density at radius 3 is 2.60 bits per heavy atom. The molecule has 0 saturated heterocycles. The van der Waals surface area contributed by atoms with Gasteiger partial charge in [-0.3, -0.25) is 0 Å². The largest absolute Gasteiger partial charge is 0.387 e. The van der Waals surface area contributed by atoms with E-state index in [0.29, 0.717) is 0 Å². The summed E-state index contributed by atoms with van der Waals surface area (Å²) in [6.07, 6.45) is 2.51. The number of rotatable bonds is 4.